The Morgan fingerprint density at radius 2 is 1.75 bits per heavy atom. The lowest BCUT2D eigenvalue weighted by Gasteiger charge is -2.09. The molecule has 1 heterocycles. The molecule has 1 rings (SSSR count). The van der Waals surface area contributed by atoms with E-state index in [9.17, 15) is 0 Å². The Morgan fingerprint density at radius 3 is 2.25 bits per heavy atom. The summed E-state index contributed by atoms with van der Waals surface area (Å²) in [5.74, 6) is 0.863. The zero-order valence-electron chi connectivity index (χ0n) is 10.1. The van der Waals surface area contributed by atoms with Gasteiger partial charge in [-0.2, -0.15) is 9.97 Å². The van der Waals surface area contributed by atoms with Crippen LogP contribution in [0.4, 0.5) is 5.95 Å². The zero-order valence-corrected chi connectivity index (χ0v) is 10.1. The highest BCUT2D eigenvalue weighted by molar-refractivity contribution is 5.26. The van der Waals surface area contributed by atoms with E-state index < -0.39 is 0 Å². The monoisotopic (exact) mass is 226 g/mol. The zero-order chi connectivity index (χ0) is 12.0. The third kappa shape index (κ3) is 3.88. The molecule has 0 bridgehead atoms. The number of ether oxygens (including phenoxy) is 2. The largest absolute Gasteiger partial charge is 0.464 e. The van der Waals surface area contributed by atoms with Gasteiger partial charge in [-0.3, -0.25) is 0 Å². The molecule has 0 saturated heterocycles. The van der Waals surface area contributed by atoms with Crippen LogP contribution in [0.15, 0.2) is 0 Å². The number of anilines is 1. The van der Waals surface area contributed by atoms with E-state index in [1.807, 2.05) is 6.92 Å². The molecule has 1 aromatic rings. The van der Waals surface area contributed by atoms with Crippen molar-refractivity contribution in [1.82, 2.24) is 15.0 Å². The molecular formula is C10H18N4O2. The van der Waals surface area contributed by atoms with Crippen molar-refractivity contribution in [2.24, 2.45) is 5.92 Å². The van der Waals surface area contributed by atoms with Gasteiger partial charge in [0, 0.05) is 7.05 Å². The van der Waals surface area contributed by atoms with Crippen LogP contribution in [0.1, 0.15) is 20.8 Å². The van der Waals surface area contributed by atoms with Crippen LogP contribution >= 0.6 is 0 Å². The standard InChI is InChI=1S/C10H18N4O2/c1-5-15-9-12-8(11-4)13-10(14-9)16-6-7(2)3/h7H,5-6H2,1-4H3,(H,11,12,13,14). The van der Waals surface area contributed by atoms with Crippen molar-refractivity contribution in [2.45, 2.75) is 20.8 Å². The van der Waals surface area contributed by atoms with E-state index in [1.54, 1.807) is 7.05 Å². The summed E-state index contributed by atoms with van der Waals surface area (Å²) < 4.78 is 10.6. The van der Waals surface area contributed by atoms with Crippen LogP contribution in [0.25, 0.3) is 0 Å². The predicted octanol–water partition coefficient (Wildman–Crippen LogP) is 1.35. The van der Waals surface area contributed by atoms with Crippen LogP contribution in [-0.4, -0.2) is 35.2 Å². The fourth-order valence-corrected chi connectivity index (χ4v) is 0.949. The van der Waals surface area contributed by atoms with Gasteiger partial charge in [-0.15, -0.1) is 4.98 Å². The second kappa shape index (κ2) is 6.09. The van der Waals surface area contributed by atoms with E-state index in [0.717, 1.165) is 0 Å². The van der Waals surface area contributed by atoms with Crippen LogP contribution in [0.2, 0.25) is 0 Å². The quantitative estimate of drug-likeness (QED) is 0.789. The lowest BCUT2D eigenvalue weighted by atomic mass is 10.2. The highest BCUT2D eigenvalue weighted by Crippen LogP contribution is 2.13. The van der Waals surface area contributed by atoms with E-state index in [0.29, 0.717) is 25.1 Å². The van der Waals surface area contributed by atoms with Gasteiger partial charge in [0.05, 0.1) is 13.2 Å². The second-order valence-electron chi connectivity index (χ2n) is 3.61. The minimum atomic E-state index is 0.278. The summed E-state index contributed by atoms with van der Waals surface area (Å²) in [7, 11) is 1.73. The van der Waals surface area contributed by atoms with E-state index in [2.05, 4.69) is 34.1 Å². The number of hydrogen-bond acceptors (Lipinski definition) is 6. The molecule has 6 nitrogen and oxygen atoms in total. The van der Waals surface area contributed by atoms with E-state index >= 15 is 0 Å². The summed E-state index contributed by atoms with van der Waals surface area (Å²) in [5.41, 5.74) is 0. The Labute approximate surface area is 95.4 Å². The molecule has 16 heavy (non-hydrogen) atoms. The average Bonchev–Trinajstić information content (AvgIpc) is 2.26. The van der Waals surface area contributed by atoms with Crippen molar-refractivity contribution in [1.29, 1.82) is 0 Å². The maximum Gasteiger partial charge on any atom is 0.324 e. The van der Waals surface area contributed by atoms with Gasteiger partial charge in [0.25, 0.3) is 0 Å². The minimum Gasteiger partial charge on any atom is -0.464 e. The molecule has 0 amide bonds. The van der Waals surface area contributed by atoms with Crippen LogP contribution in [0.3, 0.4) is 0 Å². The molecule has 1 aromatic heterocycles. The first-order chi connectivity index (χ1) is 7.65. The SMILES string of the molecule is CCOc1nc(NC)nc(OCC(C)C)n1. The van der Waals surface area contributed by atoms with Crippen LogP contribution < -0.4 is 14.8 Å². The molecule has 0 radical (unpaired) electrons. The second-order valence-corrected chi connectivity index (χ2v) is 3.61. The number of aromatic nitrogens is 3. The summed E-state index contributed by atoms with van der Waals surface area (Å²) in [6.07, 6.45) is 0. The predicted molar refractivity (Wildman–Crippen MR) is 60.9 cm³/mol. The molecule has 0 aliphatic rings. The molecule has 6 heteroatoms. The Hall–Kier alpha value is -1.59. The van der Waals surface area contributed by atoms with Gasteiger partial charge < -0.3 is 14.8 Å². The van der Waals surface area contributed by atoms with Gasteiger partial charge in [0.15, 0.2) is 0 Å². The molecular weight excluding hydrogens is 208 g/mol. The van der Waals surface area contributed by atoms with Gasteiger partial charge in [-0.25, -0.2) is 0 Å². The normalized spacial score (nSPS) is 10.3. The lowest BCUT2D eigenvalue weighted by molar-refractivity contribution is 0.240. The van der Waals surface area contributed by atoms with Crippen LogP contribution in [0, 0.1) is 5.92 Å². The third-order valence-electron chi connectivity index (χ3n) is 1.64. The van der Waals surface area contributed by atoms with Crippen LogP contribution in [0.5, 0.6) is 12.0 Å². The number of nitrogens with zero attached hydrogens (tertiary/aromatic N) is 3. The molecule has 0 atom stereocenters. The maximum absolute atomic E-state index is 5.41. The first-order valence-corrected chi connectivity index (χ1v) is 5.35. The van der Waals surface area contributed by atoms with Crippen molar-refractivity contribution < 1.29 is 9.47 Å². The van der Waals surface area contributed by atoms with Crippen molar-refractivity contribution in [3.63, 3.8) is 0 Å². The molecule has 0 aliphatic carbocycles. The molecule has 0 unspecified atom stereocenters. The van der Waals surface area contributed by atoms with Crippen molar-refractivity contribution in [3.05, 3.63) is 0 Å². The molecule has 90 valence electrons. The Balaban J connectivity index is 2.77. The first-order valence-electron chi connectivity index (χ1n) is 5.35. The number of nitrogens with one attached hydrogen (secondary N) is 1. The van der Waals surface area contributed by atoms with E-state index in [-0.39, 0.29) is 12.0 Å². The van der Waals surface area contributed by atoms with Gasteiger partial charge >= 0.3 is 12.0 Å². The molecule has 0 aromatic carbocycles. The number of hydrogen-bond donors (Lipinski definition) is 1. The van der Waals surface area contributed by atoms with Crippen molar-refractivity contribution in [3.8, 4) is 12.0 Å². The first kappa shape index (κ1) is 12.5. The summed E-state index contributed by atoms with van der Waals surface area (Å²) >= 11 is 0. The Kier molecular flexibility index (Phi) is 4.75. The highest BCUT2D eigenvalue weighted by Gasteiger charge is 2.07. The maximum atomic E-state index is 5.41. The van der Waals surface area contributed by atoms with Gasteiger partial charge in [0.1, 0.15) is 0 Å². The minimum absolute atomic E-state index is 0.278. The molecule has 0 aliphatic heterocycles. The van der Waals surface area contributed by atoms with Crippen LogP contribution in [-0.2, 0) is 0 Å². The topological polar surface area (TPSA) is 69.2 Å². The fraction of sp³-hybridized carbons (Fsp3) is 0.700. The molecule has 0 fully saturated rings. The summed E-state index contributed by atoms with van der Waals surface area (Å²) in [6, 6.07) is 0.567. The van der Waals surface area contributed by atoms with E-state index in [1.165, 1.54) is 0 Å². The Bertz CT molecular complexity index is 331. The summed E-state index contributed by atoms with van der Waals surface area (Å²) in [6.45, 7) is 7.07. The number of rotatable bonds is 6. The molecule has 0 spiro atoms. The van der Waals surface area contributed by atoms with Gasteiger partial charge in [-0.1, -0.05) is 13.8 Å². The van der Waals surface area contributed by atoms with Gasteiger partial charge in [0.2, 0.25) is 5.95 Å². The molecule has 1 N–H and O–H groups in total. The molecule has 0 saturated carbocycles. The highest BCUT2D eigenvalue weighted by atomic mass is 16.5. The Morgan fingerprint density at radius 1 is 1.12 bits per heavy atom. The smallest absolute Gasteiger partial charge is 0.324 e. The fourth-order valence-electron chi connectivity index (χ4n) is 0.949. The van der Waals surface area contributed by atoms with Crippen molar-refractivity contribution >= 4 is 5.95 Å². The van der Waals surface area contributed by atoms with Crippen molar-refractivity contribution in [2.75, 3.05) is 25.6 Å². The third-order valence-corrected chi connectivity index (χ3v) is 1.64. The van der Waals surface area contributed by atoms with Gasteiger partial charge in [-0.05, 0) is 12.8 Å². The van der Waals surface area contributed by atoms with E-state index in [4.69, 9.17) is 9.47 Å². The average molecular weight is 226 g/mol. The summed E-state index contributed by atoms with van der Waals surface area (Å²) in [4.78, 5) is 12.1. The lowest BCUT2D eigenvalue weighted by Crippen LogP contribution is -2.10. The summed E-state index contributed by atoms with van der Waals surface area (Å²) in [5, 5.41) is 2.83.